The molecule has 0 aromatic heterocycles. The van der Waals surface area contributed by atoms with Gasteiger partial charge >= 0.3 is 5.97 Å². The second-order valence-corrected chi connectivity index (χ2v) is 4.12. The number of ether oxygens (including phenoxy) is 1. The number of benzene rings is 1. The van der Waals surface area contributed by atoms with Gasteiger partial charge in [-0.05, 0) is 13.0 Å². The minimum absolute atomic E-state index is 0.0736. The van der Waals surface area contributed by atoms with E-state index in [0.29, 0.717) is 0 Å². The Morgan fingerprint density at radius 1 is 1.50 bits per heavy atom. The maximum Gasteiger partial charge on any atom is 0.337 e. The van der Waals surface area contributed by atoms with Crippen LogP contribution < -0.4 is 5.32 Å². The van der Waals surface area contributed by atoms with Gasteiger partial charge in [-0.15, -0.1) is 11.6 Å². The molecule has 18 heavy (non-hydrogen) atoms. The van der Waals surface area contributed by atoms with Crippen molar-refractivity contribution < 1.29 is 18.3 Å². The number of hydrogen-bond acceptors (Lipinski definition) is 3. The van der Waals surface area contributed by atoms with Crippen LogP contribution in [0, 0.1) is 11.6 Å². The molecule has 1 aromatic carbocycles. The van der Waals surface area contributed by atoms with Crippen LogP contribution in [0.1, 0.15) is 17.9 Å². The molecule has 3 nitrogen and oxygen atoms in total. The van der Waals surface area contributed by atoms with Gasteiger partial charge in [-0.2, -0.15) is 0 Å². The second-order valence-electron chi connectivity index (χ2n) is 3.68. The molecule has 0 amide bonds. The predicted molar refractivity (Wildman–Crippen MR) is 63.3 cm³/mol. The Morgan fingerprint density at radius 3 is 2.89 bits per heavy atom. The molecule has 2 rings (SSSR count). The molecule has 1 N–H and O–H groups in total. The van der Waals surface area contributed by atoms with Gasteiger partial charge in [0.05, 0.1) is 23.2 Å². The molecule has 0 spiro atoms. The lowest BCUT2D eigenvalue weighted by molar-refractivity contribution is -0.138. The van der Waals surface area contributed by atoms with E-state index >= 15 is 0 Å². The van der Waals surface area contributed by atoms with Crippen LogP contribution >= 0.6 is 11.6 Å². The molecular weight excluding hydrogens is 264 g/mol. The summed E-state index contributed by atoms with van der Waals surface area (Å²) in [4.78, 5) is 11.6. The zero-order valence-corrected chi connectivity index (χ0v) is 10.2. The predicted octanol–water partition coefficient (Wildman–Crippen LogP) is 3.12. The Balaban J connectivity index is 2.39. The number of fused-ring (bicyclic) bond motifs is 1. The third-order valence-corrected chi connectivity index (χ3v) is 2.98. The highest BCUT2D eigenvalue weighted by Gasteiger charge is 2.29. The van der Waals surface area contributed by atoms with Crippen molar-refractivity contribution in [1.29, 1.82) is 0 Å². The SMILES string of the molecule is CCOC(=O)C1=CNc2c(F)cc(F)cc2[C@H]1Cl. The van der Waals surface area contributed by atoms with Crippen molar-refractivity contribution in [2.24, 2.45) is 0 Å². The summed E-state index contributed by atoms with van der Waals surface area (Å²) in [6.45, 7) is 1.86. The first-order chi connectivity index (χ1) is 8.54. The van der Waals surface area contributed by atoms with Crippen LogP contribution in [-0.2, 0) is 9.53 Å². The van der Waals surface area contributed by atoms with E-state index in [9.17, 15) is 13.6 Å². The lowest BCUT2D eigenvalue weighted by atomic mass is 10.00. The van der Waals surface area contributed by atoms with Crippen molar-refractivity contribution in [2.45, 2.75) is 12.3 Å². The van der Waals surface area contributed by atoms with Crippen molar-refractivity contribution in [2.75, 3.05) is 11.9 Å². The highest BCUT2D eigenvalue weighted by atomic mass is 35.5. The molecule has 6 heteroatoms. The lowest BCUT2D eigenvalue weighted by Crippen LogP contribution is -2.18. The summed E-state index contributed by atoms with van der Waals surface area (Å²) in [6, 6.07) is 1.84. The van der Waals surface area contributed by atoms with Gasteiger partial charge in [-0.1, -0.05) is 0 Å². The third-order valence-electron chi connectivity index (χ3n) is 2.51. The number of carbonyl (C=O) groups excluding carboxylic acids is 1. The number of carbonyl (C=O) groups is 1. The fraction of sp³-hybridized carbons (Fsp3) is 0.250. The first-order valence-electron chi connectivity index (χ1n) is 5.31. The minimum Gasteiger partial charge on any atom is -0.463 e. The molecular formula is C12H10ClF2NO2. The Bertz CT molecular complexity index is 531. The van der Waals surface area contributed by atoms with Gasteiger partial charge in [0.25, 0.3) is 0 Å². The number of halogens is 3. The van der Waals surface area contributed by atoms with Gasteiger partial charge in [0.15, 0.2) is 0 Å². The van der Waals surface area contributed by atoms with Gasteiger partial charge in [0.1, 0.15) is 11.6 Å². The van der Waals surface area contributed by atoms with E-state index in [2.05, 4.69) is 5.32 Å². The Labute approximate surface area is 107 Å². The van der Waals surface area contributed by atoms with E-state index in [-0.39, 0.29) is 23.4 Å². The van der Waals surface area contributed by atoms with Gasteiger partial charge in [-0.25, -0.2) is 13.6 Å². The highest BCUT2D eigenvalue weighted by Crippen LogP contribution is 2.39. The highest BCUT2D eigenvalue weighted by molar-refractivity contribution is 6.26. The maximum atomic E-state index is 13.5. The maximum absolute atomic E-state index is 13.5. The average Bonchev–Trinajstić information content (AvgIpc) is 2.30. The van der Waals surface area contributed by atoms with Crippen LogP contribution in [0.4, 0.5) is 14.5 Å². The first-order valence-corrected chi connectivity index (χ1v) is 5.75. The molecule has 1 aliphatic rings. The molecule has 1 aromatic rings. The fourth-order valence-electron chi connectivity index (χ4n) is 1.71. The topological polar surface area (TPSA) is 38.3 Å². The monoisotopic (exact) mass is 273 g/mol. The number of hydrogen-bond donors (Lipinski definition) is 1. The molecule has 0 saturated heterocycles. The van der Waals surface area contributed by atoms with Crippen LogP contribution in [0.2, 0.25) is 0 Å². The smallest absolute Gasteiger partial charge is 0.337 e. The lowest BCUT2D eigenvalue weighted by Gasteiger charge is -2.22. The number of esters is 1. The molecule has 0 aliphatic carbocycles. The van der Waals surface area contributed by atoms with Crippen LogP contribution in [0.15, 0.2) is 23.9 Å². The first kappa shape index (κ1) is 12.8. The van der Waals surface area contributed by atoms with E-state index in [1.54, 1.807) is 6.92 Å². The van der Waals surface area contributed by atoms with Crippen LogP contribution in [0.25, 0.3) is 0 Å². The van der Waals surface area contributed by atoms with Gasteiger partial charge in [0.2, 0.25) is 0 Å². The van der Waals surface area contributed by atoms with E-state index < -0.39 is 23.0 Å². The zero-order valence-electron chi connectivity index (χ0n) is 9.47. The minimum atomic E-state index is -0.939. The standard InChI is InChI=1S/C12H10ClF2NO2/c1-2-18-12(17)8-5-16-11-7(10(8)13)3-6(14)4-9(11)15/h3-5,10,16H,2H2,1H3/t10-/m1/s1. The van der Waals surface area contributed by atoms with Crippen molar-refractivity contribution >= 4 is 23.3 Å². The Hall–Kier alpha value is -1.62. The molecule has 0 fully saturated rings. The molecule has 1 heterocycles. The van der Waals surface area contributed by atoms with Gasteiger partial charge in [0, 0.05) is 17.8 Å². The van der Waals surface area contributed by atoms with E-state index in [1.165, 1.54) is 6.20 Å². The summed E-state index contributed by atoms with van der Waals surface area (Å²) < 4.78 is 31.4. The third kappa shape index (κ3) is 2.18. The van der Waals surface area contributed by atoms with Gasteiger partial charge < -0.3 is 10.1 Å². The second kappa shape index (κ2) is 4.94. The fourth-order valence-corrected chi connectivity index (χ4v) is 2.04. The Morgan fingerprint density at radius 2 is 2.22 bits per heavy atom. The van der Waals surface area contributed by atoms with Crippen LogP contribution in [0.5, 0.6) is 0 Å². The van der Waals surface area contributed by atoms with Crippen LogP contribution in [0.3, 0.4) is 0 Å². The number of rotatable bonds is 2. The van der Waals surface area contributed by atoms with Crippen molar-refractivity contribution in [3.63, 3.8) is 0 Å². The van der Waals surface area contributed by atoms with Gasteiger partial charge in [-0.3, -0.25) is 0 Å². The van der Waals surface area contributed by atoms with Crippen molar-refractivity contribution in [3.05, 3.63) is 41.1 Å². The molecule has 0 bridgehead atoms. The summed E-state index contributed by atoms with van der Waals surface area (Å²) >= 11 is 6.05. The summed E-state index contributed by atoms with van der Waals surface area (Å²) in [5.74, 6) is -2.11. The van der Waals surface area contributed by atoms with E-state index in [4.69, 9.17) is 16.3 Å². The number of alkyl halides is 1. The molecule has 1 atom stereocenters. The van der Waals surface area contributed by atoms with E-state index in [1.807, 2.05) is 0 Å². The number of anilines is 1. The van der Waals surface area contributed by atoms with Crippen molar-refractivity contribution in [3.8, 4) is 0 Å². The molecule has 96 valence electrons. The summed E-state index contributed by atoms with van der Waals surface area (Å²) in [5, 5.41) is 1.65. The molecule has 0 saturated carbocycles. The van der Waals surface area contributed by atoms with E-state index in [0.717, 1.165) is 12.1 Å². The zero-order chi connectivity index (χ0) is 13.3. The van der Waals surface area contributed by atoms with Crippen LogP contribution in [-0.4, -0.2) is 12.6 Å². The average molecular weight is 274 g/mol. The Kier molecular flexibility index (Phi) is 3.52. The quantitative estimate of drug-likeness (QED) is 0.665. The molecule has 0 radical (unpaired) electrons. The summed E-state index contributed by atoms with van der Waals surface area (Å²) in [7, 11) is 0. The largest absolute Gasteiger partial charge is 0.463 e. The molecule has 1 aliphatic heterocycles. The normalized spacial score (nSPS) is 17.6. The number of nitrogens with one attached hydrogen (secondary N) is 1. The summed E-state index contributed by atoms with van der Waals surface area (Å²) in [6.07, 6.45) is 1.28. The summed E-state index contributed by atoms with van der Waals surface area (Å²) in [5.41, 5.74) is 0.375. The van der Waals surface area contributed by atoms with Crippen molar-refractivity contribution in [1.82, 2.24) is 0 Å². The molecule has 0 unspecified atom stereocenters.